The molecule has 1 fully saturated rings. The minimum Gasteiger partial charge on any atom is -0.399 e. The van der Waals surface area contributed by atoms with Crippen LogP contribution >= 0.6 is 23.2 Å². The highest BCUT2D eigenvalue weighted by atomic mass is 35.5. The molecule has 0 unspecified atom stereocenters. The Bertz CT molecular complexity index is 1430. The number of fused-ring (bicyclic) bond motifs is 3. The topological polar surface area (TPSA) is 93.2 Å². The Balaban J connectivity index is 1.81. The van der Waals surface area contributed by atoms with Gasteiger partial charge in [-0.2, -0.15) is 0 Å². The molecule has 0 saturated carbocycles. The van der Waals surface area contributed by atoms with Crippen LogP contribution in [-0.4, -0.2) is 43.6 Å². The SMILES string of the molecule is Nc1ccc2nc(N3CCNCC3)c3ccn(S(=O)(=O)c4ccc(Cl)c(Cl)c4)c3c2c1. The van der Waals surface area contributed by atoms with Gasteiger partial charge in [-0.05, 0) is 42.5 Å². The van der Waals surface area contributed by atoms with Gasteiger partial charge in [0.05, 0.1) is 26.0 Å². The third kappa shape index (κ3) is 3.40. The van der Waals surface area contributed by atoms with Gasteiger partial charge in [0.15, 0.2) is 0 Å². The molecule has 1 saturated heterocycles. The number of pyridine rings is 1. The number of halogens is 2. The first-order chi connectivity index (χ1) is 14.9. The predicted octanol–water partition coefficient (Wildman–Crippen LogP) is 3.73. The average molecular weight is 476 g/mol. The third-order valence-electron chi connectivity index (χ3n) is 5.46. The van der Waals surface area contributed by atoms with Crippen LogP contribution < -0.4 is 16.0 Å². The van der Waals surface area contributed by atoms with Crippen molar-refractivity contribution in [2.24, 2.45) is 0 Å². The highest BCUT2D eigenvalue weighted by molar-refractivity contribution is 7.90. The molecule has 1 aliphatic rings. The lowest BCUT2D eigenvalue weighted by Gasteiger charge is -2.29. The minimum atomic E-state index is -3.94. The van der Waals surface area contributed by atoms with Crippen molar-refractivity contribution in [2.45, 2.75) is 4.90 Å². The maximum Gasteiger partial charge on any atom is 0.268 e. The number of nitrogens with zero attached hydrogens (tertiary/aromatic N) is 3. The number of anilines is 2. The number of nitrogens with two attached hydrogens (primary N) is 1. The van der Waals surface area contributed by atoms with E-state index in [4.69, 9.17) is 33.9 Å². The van der Waals surface area contributed by atoms with E-state index in [2.05, 4.69) is 10.2 Å². The van der Waals surface area contributed by atoms with Crippen molar-refractivity contribution < 1.29 is 8.42 Å². The molecule has 3 heterocycles. The van der Waals surface area contributed by atoms with Crippen molar-refractivity contribution in [3.63, 3.8) is 0 Å². The quantitative estimate of drug-likeness (QED) is 0.438. The molecule has 0 aliphatic carbocycles. The summed E-state index contributed by atoms with van der Waals surface area (Å²) >= 11 is 12.1. The molecule has 2 aromatic carbocycles. The molecule has 2 aromatic heterocycles. The fourth-order valence-electron chi connectivity index (χ4n) is 3.94. The Hall–Kier alpha value is -2.52. The highest BCUT2D eigenvalue weighted by Crippen LogP contribution is 2.36. The molecule has 160 valence electrons. The van der Waals surface area contributed by atoms with Crippen LogP contribution in [0.1, 0.15) is 0 Å². The van der Waals surface area contributed by atoms with Crippen molar-refractivity contribution in [3.05, 3.63) is 58.7 Å². The Morgan fingerprint density at radius 1 is 0.968 bits per heavy atom. The predicted molar refractivity (Wildman–Crippen MR) is 126 cm³/mol. The van der Waals surface area contributed by atoms with Crippen LogP contribution in [0, 0.1) is 0 Å². The number of hydrogen-bond acceptors (Lipinski definition) is 6. The lowest BCUT2D eigenvalue weighted by molar-refractivity contribution is 0.586. The van der Waals surface area contributed by atoms with Gasteiger partial charge in [0.1, 0.15) is 5.82 Å². The van der Waals surface area contributed by atoms with Crippen LogP contribution in [0.3, 0.4) is 0 Å². The van der Waals surface area contributed by atoms with Gasteiger partial charge in [-0.3, -0.25) is 0 Å². The zero-order valence-electron chi connectivity index (χ0n) is 16.3. The van der Waals surface area contributed by atoms with Crippen LogP contribution in [0.25, 0.3) is 21.8 Å². The standard InChI is InChI=1S/C21H19Cl2N5O2S/c22-17-3-2-14(12-18(17)23)31(29,30)28-8-5-15-20(28)16-11-13(24)1-4-19(16)26-21(15)27-9-6-25-7-10-27/h1-5,8,11-12,25H,6-7,9-10,24H2. The summed E-state index contributed by atoms with van der Waals surface area (Å²) in [5.74, 6) is 0.761. The molecule has 3 N–H and O–H groups in total. The molecule has 1 aliphatic heterocycles. The lowest BCUT2D eigenvalue weighted by Crippen LogP contribution is -2.44. The van der Waals surface area contributed by atoms with Crippen molar-refractivity contribution >= 4 is 66.5 Å². The summed E-state index contributed by atoms with van der Waals surface area (Å²) in [6.07, 6.45) is 1.55. The van der Waals surface area contributed by atoms with E-state index in [1.54, 1.807) is 24.4 Å². The zero-order chi connectivity index (χ0) is 21.8. The van der Waals surface area contributed by atoms with E-state index in [1.807, 2.05) is 6.07 Å². The van der Waals surface area contributed by atoms with Crippen molar-refractivity contribution in [2.75, 3.05) is 36.8 Å². The van der Waals surface area contributed by atoms with E-state index in [1.165, 1.54) is 22.2 Å². The van der Waals surface area contributed by atoms with Crippen LogP contribution in [0.2, 0.25) is 10.0 Å². The van der Waals surface area contributed by atoms with E-state index in [9.17, 15) is 8.42 Å². The van der Waals surface area contributed by atoms with Gasteiger partial charge < -0.3 is 16.0 Å². The Morgan fingerprint density at radius 3 is 2.48 bits per heavy atom. The molecule has 10 heteroatoms. The van der Waals surface area contributed by atoms with Crippen LogP contribution in [0.4, 0.5) is 11.5 Å². The summed E-state index contributed by atoms with van der Waals surface area (Å²) in [4.78, 5) is 7.08. The second kappa shape index (κ2) is 7.56. The van der Waals surface area contributed by atoms with Gasteiger partial charge in [0, 0.05) is 48.8 Å². The first-order valence-corrected chi connectivity index (χ1v) is 11.9. The molecule has 31 heavy (non-hydrogen) atoms. The largest absolute Gasteiger partial charge is 0.399 e. The summed E-state index contributed by atoms with van der Waals surface area (Å²) in [7, 11) is -3.94. The number of hydrogen-bond donors (Lipinski definition) is 2. The number of rotatable bonds is 3. The van der Waals surface area contributed by atoms with Crippen molar-refractivity contribution in [3.8, 4) is 0 Å². The van der Waals surface area contributed by atoms with Gasteiger partial charge in [-0.25, -0.2) is 17.4 Å². The summed E-state index contributed by atoms with van der Waals surface area (Å²) in [5, 5.41) is 5.22. The van der Waals surface area contributed by atoms with E-state index >= 15 is 0 Å². The van der Waals surface area contributed by atoms with E-state index in [0.717, 1.165) is 37.4 Å². The zero-order valence-corrected chi connectivity index (χ0v) is 18.7. The molecule has 0 atom stereocenters. The number of benzene rings is 2. The number of aromatic nitrogens is 2. The first kappa shape index (κ1) is 20.4. The van der Waals surface area contributed by atoms with Crippen molar-refractivity contribution in [1.82, 2.24) is 14.3 Å². The maximum atomic E-state index is 13.6. The lowest BCUT2D eigenvalue weighted by atomic mass is 10.1. The second-order valence-corrected chi connectivity index (χ2v) is 10.0. The molecular formula is C21H19Cl2N5O2S. The summed E-state index contributed by atoms with van der Waals surface area (Å²) in [6.45, 7) is 3.25. The molecule has 0 radical (unpaired) electrons. The summed E-state index contributed by atoms with van der Waals surface area (Å²) < 4.78 is 28.4. The van der Waals surface area contributed by atoms with Crippen molar-refractivity contribution in [1.29, 1.82) is 0 Å². The van der Waals surface area contributed by atoms with Crippen LogP contribution in [0.15, 0.2) is 53.6 Å². The fraction of sp³-hybridized carbons (Fsp3) is 0.190. The molecule has 0 amide bonds. The molecule has 7 nitrogen and oxygen atoms in total. The monoisotopic (exact) mass is 475 g/mol. The van der Waals surface area contributed by atoms with Gasteiger partial charge in [-0.1, -0.05) is 23.2 Å². The number of nitrogen functional groups attached to an aromatic ring is 1. The summed E-state index contributed by atoms with van der Waals surface area (Å²) in [6, 6.07) is 11.4. The normalized spacial score (nSPS) is 15.1. The average Bonchev–Trinajstić information content (AvgIpc) is 3.22. The van der Waals surface area contributed by atoms with E-state index in [0.29, 0.717) is 27.1 Å². The van der Waals surface area contributed by atoms with Gasteiger partial charge in [-0.15, -0.1) is 0 Å². The molecule has 0 spiro atoms. The minimum absolute atomic E-state index is 0.0528. The first-order valence-electron chi connectivity index (χ1n) is 9.73. The van der Waals surface area contributed by atoms with Crippen LogP contribution in [0.5, 0.6) is 0 Å². The van der Waals surface area contributed by atoms with Gasteiger partial charge >= 0.3 is 0 Å². The molecule has 0 bridgehead atoms. The third-order valence-corrected chi connectivity index (χ3v) is 7.87. The molecular weight excluding hydrogens is 457 g/mol. The fourth-order valence-corrected chi connectivity index (χ4v) is 5.70. The Morgan fingerprint density at radius 2 is 1.74 bits per heavy atom. The maximum absolute atomic E-state index is 13.6. The molecule has 5 rings (SSSR count). The number of piperazine rings is 1. The Kier molecular flexibility index (Phi) is 4.97. The molecule has 4 aromatic rings. The van der Waals surface area contributed by atoms with E-state index < -0.39 is 10.0 Å². The number of nitrogens with one attached hydrogen (secondary N) is 1. The highest BCUT2D eigenvalue weighted by Gasteiger charge is 2.25. The smallest absolute Gasteiger partial charge is 0.268 e. The summed E-state index contributed by atoms with van der Waals surface area (Å²) in [5.41, 5.74) is 7.79. The van der Waals surface area contributed by atoms with Crippen LogP contribution in [-0.2, 0) is 10.0 Å². The van der Waals surface area contributed by atoms with Gasteiger partial charge in [0.2, 0.25) is 0 Å². The Labute approximate surface area is 189 Å². The van der Waals surface area contributed by atoms with Gasteiger partial charge in [0.25, 0.3) is 10.0 Å². The van der Waals surface area contributed by atoms with E-state index in [-0.39, 0.29) is 9.92 Å². The second-order valence-electron chi connectivity index (χ2n) is 7.40.